The van der Waals surface area contributed by atoms with Crippen molar-refractivity contribution in [3.63, 3.8) is 0 Å². The van der Waals surface area contributed by atoms with Crippen molar-refractivity contribution in [3.05, 3.63) is 12.3 Å². The van der Waals surface area contributed by atoms with Crippen molar-refractivity contribution in [2.75, 3.05) is 6.54 Å². The minimum atomic E-state index is -3.41. The van der Waals surface area contributed by atoms with Crippen molar-refractivity contribution in [3.8, 4) is 0 Å². The highest BCUT2D eigenvalue weighted by Gasteiger charge is 2.16. The number of aromatic amines is 1. The number of nitrogens with one attached hydrogen (secondary N) is 2. The number of aromatic nitrogens is 2. The highest BCUT2D eigenvalue weighted by molar-refractivity contribution is 7.89. The first-order valence-corrected chi connectivity index (χ1v) is 6.29. The van der Waals surface area contributed by atoms with Gasteiger partial charge >= 0.3 is 0 Å². The lowest BCUT2D eigenvalue weighted by atomic mass is 9.93. The van der Waals surface area contributed by atoms with E-state index in [0.29, 0.717) is 6.54 Å². The van der Waals surface area contributed by atoms with Crippen LogP contribution in [0.5, 0.6) is 0 Å². The number of hydrogen-bond donors (Lipinski definition) is 2. The molecule has 0 aromatic carbocycles. The van der Waals surface area contributed by atoms with Gasteiger partial charge in [0.1, 0.15) is 0 Å². The molecule has 2 N–H and O–H groups in total. The summed E-state index contributed by atoms with van der Waals surface area (Å²) >= 11 is 0. The molecule has 0 aliphatic carbocycles. The fraction of sp³-hybridized carbons (Fsp3) is 0.667. The second-order valence-corrected chi connectivity index (χ2v) is 6.36. The topological polar surface area (TPSA) is 74.8 Å². The fourth-order valence-corrected chi connectivity index (χ4v) is 1.97. The Kier molecular flexibility index (Phi) is 3.51. The first-order chi connectivity index (χ1) is 6.81. The van der Waals surface area contributed by atoms with E-state index >= 15 is 0 Å². The molecule has 0 fully saturated rings. The smallest absolute Gasteiger partial charge is 0.257 e. The molecule has 0 unspecified atom stereocenters. The predicted octanol–water partition coefficient (Wildman–Crippen LogP) is 1.12. The summed E-state index contributed by atoms with van der Waals surface area (Å²) in [6.45, 7) is 6.64. The Balaban J connectivity index is 2.53. The first-order valence-electron chi connectivity index (χ1n) is 4.80. The average molecular weight is 231 g/mol. The van der Waals surface area contributed by atoms with Crippen LogP contribution in [-0.4, -0.2) is 25.2 Å². The molecule has 0 aliphatic heterocycles. The summed E-state index contributed by atoms with van der Waals surface area (Å²) < 4.78 is 25.7. The van der Waals surface area contributed by atoms with Gasteiger partial charge in [-0.1, -0.05) is 20.8 Å². The van der Waals surface area contributed by atoms with Gasteiger partial charge < -0.3 is 0 Å². The maximum Gasteiger partial charge on any atom is 0.257 e. The van der Waals surface area contributed by atoms with Crippen molar-refractivity contribution in [1.82, 2.24) is 14.9 Å². The summed E-state index contributed by atoms with van der Waals surface area (Å²) in [5.74, 6) is 0. The van der Waals surface area contributed by atoms with Gasteiger partial charge in [-0.25, -0.2) is 13.1 Å². The molecule has 0 saturated heterocycles. The summed E-state index contributed by atoms with van der Waals surface area (Å²) in [6.07, 6.45) is 2.21. The number of hydrogen-bond acceptors (Lipinski definition) is 3. The Morgan fingerprint density at radius 2 is 2.13 bits per heavy atom. The third-order valence-electron chi connectivity index (χ3n) is 1.93. The first kappa shape index (κ1) is 12.2. The Morgan fingerprint density at radius 1 is 1.47 bits per heavy atom. The third kappa shape index (κ3) is 4.01. The zero-order chi connectivity index (χ0) is 11.5. The van der Waals surface area contributed by atoms with Crippen LogP contribution in [0.25, 0.3) is 0 Å². The average Bonchev–Trinajstić information content (AvgIpc) is 2.52. The van der Waals surface area contributed by atoms with Gasteiger partial charge in [-0.15, -0.1) is 0 Å². The van der Waals surface area contributed by atoms with Crippen molar-refractivity contribution < 1.29 is 8.42 Å². The molecule has 1 aromatic rings. The van der Waals surface area contributed by atoms with Crippen molar-refractivity contribution >= 4 is 10.0 Å². The lowest BCUT2D eigenvalue weighted by Gasteiger charge is -2.17. The van der Waals surface area contributed by atoms with Gasteiger partial charge in [0.15, 0.2) is 5.03 Å². The van der Waals surface area contributed by atoms with Gasteiger partial charge in [0.2, 0.25) is 0 Å². The SMILES string of the molecule is CC(C)(C)CCNS(=O)(=O)c1ccn[nH]1. The molecule has 15 heavy (non-hydrogen) atoms. The molecule has 1 rings (SSSR count). The van der Waals surface area contributed by atoms with Crippen molar-refractivity contribution in [2.45, 2.75) is 32.2 Å². The lowest BCUT2D eigenvalue weighted by molar-refractivity contribution is 0.378. The lowest BCUT2D eigenvalue weighted by Crippen LogP contribution is -2.27. The Hall–Kier alpha value is -0.880. The van der Waals surface area contributed by atoms with E-state index in [1.54, 1.807) is 0 Å². The number of H-pyrrole nitrogens is 1. The van der Waals surface area contributed by atoms with Crippen LogP contribution in [0.4, 0.5) is 0 Å². The molecule has 0 saturated carbocycles. The standard InChI is InChI=1S/C9H17N3O2S/c1-9(2,3)5-7-11-15(13,14)8-4-6-10-12-8/h4,6,11H,5,7H2,1-3H3,(H,10,12). The van der Waals surface area contributed by atoms with E-state index in [0.717, 1.165) is 6.42 Å². The van der Waals surface area contributed by atoms with E-state index in [4.69, 9.17) is 0 Å². The number of rotatable bonds is 4. The maximum absolute atomic E-state index is 11.6. The van der Waals surface area contributed by atoms with E-state index in [1.807, 2.05) is 0 Å². The van der Waals surface area contributed by atoms with Gasteiger partial charge in [-0.2, -0.15) is 5.10 Å². The number of sulfonamides is 1. The fourth-order valence-electron chi connectivity index (χ4n) is 1.03. The van der Waals surface area contributed by atoms with Crippen LogP contribution < -0.4 is 4.72 Å². The molecule has 1 aromatic heterocycles. The van der Waals surface area contributed by atoms with E-state index in [2.05, 4.69) is 35.7 Å². The molecular weight excluding hydrogens is 214 g/mol. The molecule has 5 nitrogen and oxygen atoms in total. The molecule has 0 radical (unpaired) electrons. The molecule has 1 heterocycles. The third-order valence-corrected chi connectivity index (χ3v) is 3.32. The molecule has 0 atom stereocenters. The second kappa shape index (κ2) is 4.32. The Morgan fingerprint density at radius 3 is 2.60 bits per heavy atom. The van der Waals surface area contributed by atoms with Crippen LogP contribution in [0.1, 0.15) is 27.2 Å². The van der Waals surface area contributed by atoms with Crippen molar-refractivity contribution in [1.29, 1.82) is 0 Å². The molecule has 0 bridgehead atoms. The van der Waals surface area contributed by atoms with Gasteiger partial charge in [0.05, 0.1) is 6.20 Å². The molecular formula is C9H17N3O2S. The van der Waals surface area contributed by atoms with Crippen LogP contribution in [0.15, 0.2) is 17.3 Å². The van der Waals surface area contributed by atoms with E-state index in [-0.39, 0.29) is 10.4 Å². The van der Waals surface area contributed by atoms with Crippen LogP contribution in [0, 0.1) is 5.41 Å². The van der Waals surface area contributed by atoms with Crippen LogP contribution in [-0.2, 0) is 10.0 Å². The molecule has 0 amide bonds. The molecule has 0 spiro atoms. The summed E-state index contributed by atoms with van der Waals surface area (Å²) in [5.41, 5.74) is 0.122. The van der Waals surface area contributed by atoms with E-state index in [9.17, 15) is 8.42 Å². The summed E-state index contributed by atoms with van der Waals surface area (Å²) in [5, 5.41) is 6.13. The largest absolute Gasteiger partial charge is 0.266 e. The van der Waals surface area contributed by atoms with Gasteiger partial charge in [0.25, 0.3) is 10.0 Å². The van der Waals surface area contributed by atoms with Gasteiger partial charge in [-0.05, 0) is 17.9 Å². The number of nitrogens with zero attached hydrogens (tertiary/aromatic N) is 1. The van der Waals surface area contributed by atoms with E-state index < -0.39 is 10.0 Å². The quantitative estimate of drug-likeness (QED) is 0.815. The van der Waals surface area contributed by atoms with Gasteiger partial charge in [-0.3, -0.25) is 5.10 Å². The zero-order valence-corrected chi connectivity index (χ0v) is 10.1. The summed E-state index contributed by atoms with van der Waals surface area (Å²) in [6, 6.07) is 1.43. The van der Waals surface area contributed by atoms with Crippen LogP contribution in [0.3, 0.4) is 0 Å². The summed E-state index contributed by atoms with van der Waals surface area (Å²) in [4.78, 5) is 0. The minimum absolute atomic E-state index is 0.108. The van der Waals surface area contributed by atoms with E-state index in [1.165, 1.54) is 12.3 Å². The monoisotopic (exact) mass is 231 g/mol. The van der Waals surface area contributed by atoms with Crippen molar-refractivity contribution in [2.24, 2.45) is 5.41 Å². The summed E-state index contributed by atoms with van der Waals surface area (Å²) in [7, 11) is -3.41. The predicted molar refractivity (Wildman–Crippen MR) is 57.8 cm³/mol. The van der Waals surface area contributed by atoms with Crippen LogP contribution >= 0.6 is 0 Å². The highest BCUT2D eigenvalue weighted by Crippen LogP contribution is 2.17. The molecule has 6 heteroatoms. The zero-order valence-electron chi connectivity index (χ0n) is 9.24. The van der Waals surface area contributed by atoms with Crippen LogP contribution in [0.2, 0.25) is 0 Å². The Labute approximate surface area is 90.3 Å². The molecule has 0 aliphatic rings. The Bertz CT molecular complexity index is 389. The normalized spacial score (nSPS) is 13.0. The second-order valence-electron chi connectivity index (χ2n) is 4.63. The minimum Gasteiger partial charge on any atom is -0.266 e. The highest BCUT2D eigenvalue weighted by atomic mass is 32.2. The molecule has 86 valence electrons. The van der Waals surface area contributed by atoms with Gasteiger partial charge in [0, 0.05) is 6.54 Å². The maximum atomic E-state index is 11.6.